The van der Waals surface area contributed by atoms with Crippen LogP contribution in [0, 0.1) is 5.92 Å². The monoisotopic (exact) mass is 504 g/mol. The first kappa shape index (κ1) is 23.6. The molecule has 0 aliphatic heterocycles. The molecule has 2 atom stereocenters. The number of fused-ring (bicyclic) bond motifs is 1. The van der Waals surface area contributed by atoms with Gasteiger partial charge in [0.15, 0.2) is 0 Å². The van der Waals surface area contributed by atoms with Crippen molar-refractivity contribution in [1.29, 1.82) is 0 Å². The number of halogens is 2. The van der Waals surface area contributed by atoms with Crippen molar-refractivity contribution < 1.29 is 20.4 Å². The quantitative estimate of drug-likeness (QED) is 0.420. The summed E-state index contributed by atoms with van der Waals surface area (Å²) in [6.07, 6.45) is 2.61. The van der Waals surface area contributed by atoms with Gasteiger partial charge in [0.2, 0.25) is 0 Å². The van der Waals surface area contributed by atoms with Gasteiger partial charge in [0.05, 0.1) is 0 Å². The second-order valence-corrected chi connectivity index (χ2v) is 17.5. The Kier molecular flexibility index (Phi) is 7.96. The maximum atomic E-state index is 2.61. The summed E-state index contributed by atoms with van der Waals surface area (Å²) < 4.78 is 2.50. The largest absolute Gasteiger partial charge is 0.147 e. The third kappa shape index (κ3) is 3.86. The number of allylic oxidation sites excluding steroid dienone is 5. The van der Waals surface area contributed by atoms with Gasteiger partial charge < -0.3 is 0 Å². The number of rotatable bonds is 3. The molecule has 0 fully saturated rings. The zero-order chi connectivity index (χ0) is 18.4. The fourth-order valence-corrected chi connectivity index (χ4v) is 16.8. The van der Waals surface area contributed by atoms with Gasteiger partial charge in [-0.05, 0) is 0 Å². The minimum absolute atomic E-state index is 0. The molecule has 146 valence electrons. The normalized spacial score (nSPS) is 20.4. The van der Waals surface area contributed by atoms with Gasteiger partial charge >= 0.3 is 167 Å². The first-order valence-electron chi connectivity index (χ1n) is 9.45. The Hall–Kier alpha value is -0.660. The Morgan fingerprint density at radius 3 is 2.04 bits per heavy atom. The van der Waals surface area contributed by atoms with Crippen molar-refractivity contribution in [3.63, 3.8) is 0 Å². The first-order valence-corrected chi connectivity index (χ1v) is 18.0. The van der Waals surface area contributed by atoms with Crippen molar-refractivity contribution in [2.75, 3.05) is 0 Å². The van der Waals surface area contributed by atoms with Gasteiger partial charge in [0.25, 0.3) is 0 Å². The summed E-state index contributed by atoms with van der Waals surface area (Å²) in [5, 5.41) is 0. The minimum atomic E-state index is -1.80. The molecule has 28 heavy (non-hydrogen) atoms. The summed E-state index contributed by atoms with van der Waals surface area (Å²) in [5.74, 6) is 0.656. The fourth-order valence-electron chi connectivity index (χ4n) is 4.57. The van der Waals surface area contributed by atoms with Gasteiger partial charge in [-0.15, -0.1) is 24.8 Å². The average molecular weight is 507 g/mol. The van der Waals surface area contributed by atoms with E-state index in [-0.39, 0.29) is 24.8 Å². The Morgan fingerprint density at radius 2 is 1.43 bits per heavy atom. The van der Waals surface area contributed by atoms with Crippen LogP contribution in [0.3, 0.4) is 0 Å². The van der Waals surface area contributed by atoms with E-state index < -0.39 is 20.4 Å². The van der Waals surface area contributed by atoms with Crippen LogP contribution >= 0.6 is 24.8 Å². The maximum Gasteiger partial charge on any atom is -0.147 e. The summed E-state index contributed by atoms with van der Waals surface area (Å²) >= 11 is -1.80. The van der Waals surface area contributed by atoms with E-state index in [1.54, 1.807) is 22.3 Å². The van der Waals surface area contributed by atoms with Crippen LogP contribution in [0.5, 0.6) is 0 Å². The van der Waals surface area contributed by atoms with E-state index in [9.17, 15) is 0 Å². The topological polar surface area (TPSA) is 0 Å². The van der Waals surface area contributed by atoms with Gasteiger partial charge in [-0.25, -0.2) is 0 Å². The Balaban J connectivity index is 0.00000140. The van der Waals surface area contributed by atoms with Crippen LogP contribution in [-0.2, 0) is 20.4 Å². The van der Waals surface area contributed by atoms with Crippen LogP contribution in [0.25, 0.3) is 5.57 Å². The van der Waals surface area contributed by atoms with E-state index in [0.717, 1.165) is 0 Å². The molecule has 0 radical (unpaired) electrons. The van der Waals surface area contributed by atoms with Crippen LogP contribution in [-0.4, -0.2) is 6.88 Å². The maximum absolute atomic E-state index is 2.61. The first-order chi connectivity index (χ1) is 12.5. The van der Waals surface area contributed by atoms with E-state index >= 15 is 0 Å². The van der Waals surface area contributed by atoms with Gasteiger partial charge in [0.1, 0.15) is 0 Å². The third-order valence-corrected chi connectivity index (χ3v) is 17.9. The van der Waals surface area contributed by atoms with E-state index in [2.05, 4.69) is 95.2 Å². The molecule has 2 aliphatic rings. The van der Waals surface area contributed by atoms with E-state index in [1.165, 1.54) is 16.7 Å². The van der Waals surface area contributed by atoms with Gasteiger partial charge in [-0.3, -0.25) is 0 Å². The molecule has 2 unspecified atom stereocenters. The standard InChI is InChI=1S/C15H11.C9H13.2ClH.H2Si.Zr/c1-2-6-12(7-3-1)15-11-10-13-8-4-5-9-14(13)15;1-6-5-7(2)9(4)8(6)3;;;;/h1-11H;6H,1-4H3;2*1H;1H2;. The smallest absolute Gasteiger partial charge is 0.147 e. The molecule has 0 N–H and O–H groups in total. The number of hydrogen-bond donors (Lipinski definition) is 0. The van der Waals surface area contributed by atoms with Crippen LogP contribution in [0.1, 0.15) is 48.0 Å². The molecule has 4 heteroatoms. The van der Waals surface area contributed by atoms with Crippen LogP contribution < -0.4 is 0 Å². The summed E-state index contributed by atoms with van der Waals surface area (Å²) in [5.41, 5.74) is 10.6. The predicted octanol–water partition coefficient (Wildman–Crippen LogP) is 6.44. The molecular weight excluding hydrogens is 478 g/mol. The van der Waals surface area contributed by atoms with Gasteiger partial charge in [-0.2, -0.15) is 0 Å². The number of benzene rings is 2. The molecule has 2 aromatic carbocycles. The minimum Gasteiger partial charge on any atom is -0.147 e. The van der Waals surface area contributed by atoms with E-state index in [1.807, 2.05) is 3.28 Å². The van der Waals surface area contributed by atoms with Crippen LogP contribution in [0.15, 0.2) is 80.7 Å². The Labute approximate surface area is 191 Å². The van der Waals surface area contributed by atoms with Gasteiger partial charge in [-0.1, -0.05) is 0 Å². The SMILES string of the molecule is CC1=C(C)C(C)[C]([Zr](=[SiH2])[CH]2C=C(c3ccccc3)c3ccccc32)=C1C.Cl.Cl. The predicted molar refractivity (Wildman–Crippen MR) is 126 cm³/mol. The fraction of sp³-hybridized carbons (Fsp3) is 0.250. The van der Waals surface area contributed by atoms with E-state index in [4.69, 9.17) is 0 Å². The summed E-state index contributed by atoms with van der Waals surface area (Å²) in [6.45, 7) is 11.8. The number of hydrogen-bond acceptors (Lipinski definition) is 0. The van der Waals surface area contributed by atoms with Crippen LogP contribution in [0.2, 0.25) is 0 Å². The van der Waals surface area contributed by atoms with Crippen LogP contribution in [0.4, 0.5) is 0 Å². The second kappa shape index (κ2) is 9.43. The molecule has 2 aliphatic carbocycles. The summed E-state index contributed by atoms with van der Waals surface area (Å²) in [6, 6.07) is 20.0. The third-order valence-electron chi connectivity index (χ3n) is 6.37. The Morgan fingerprint density at radius 1 is 0.821 bits per heavy atom. The van der Waals surface area contributed by atoms with Crippen molar-refractivity contribution in [1.82, 2.24) is 0 Å². The molecule has 4 rings (SSSR count). The van der Waals surface area contributed by atoms with Crippen molar-refractivity contribution in [3.8, 4) is 0 Å². The molecule has 0 nitrogen and oxygen atoms in total. The average Bonchev–Trinajstić information content (AvgIpc) is 3.14. The zero-order valence-electron chi connectivity index (χ0n) is 17.0. The second-order valence-electron chi connectivity index (χ2n) is 7.60. The molecule has 0 aromatic heterocycles. The molecule has 0 saturated carbocycles. The van der Waals surface area contributed by atoms with Crippen molar-refractivity contribution >= 4 is 37.3 Å². The van der Waals surface area contributed by atoms with Crippen molar-refractivity contribution in [3.05, 3.63) is 97.4 Å². The molecule has 0 spiro atoms. The van der Waals surface area contributed by atoms with Crippen molar-refractivity contribution in [2.24, 2.45) is 5.92 Å². The zero-order valence-corrected chi connectivity index (χ0v) is 22.5. The summed E-state index contributed by atoms with van der Waals surface area (Å²) in [7, 11) is 0. The molecular formula is C24H28Cl2SiZr. The molecule has 0 bridgehead atoms. The molecule has 2 aromatic rings. The Bertz CT molecular complexity index is 1000. The van der Waals surface area contributed by atoms with E-state index in [0.29, 0.717) is 9.54 Å². The van der Waals surface area contributed by atoms with Gasteiger partial charge in [0, 0.05) is 0 Å². The summed E-state index contributed by atoms with van der Waals surface area (Å²) in [4.78, 5) is 0. The molecule has 0 heterocycles. The molecule has 0 saturated heterocycles. The molecule has 0 amide bonds. The van der Waals surface area contributed by atoms with Crippen molar-refractivity contribution in [2.45, 2.75) is 31.3 Å².